The number of rotatable bonds is 3. The van der Waals surface area contributed by atoms with E-state index < -0.39 is 0 Å². The normalized spacial score (nSPS) is 10.7. The molecule has 2 heterocycles. The highest BCUT2D eigenvalue weighted by atomic mass is 79.9. The van der Waals surface area contributed by atoms with Gasteiger partial charge in [0.25, 0.3) is 0 Å². The monoisotopic (exact) mass is 362 g/mol. The molecule has 3 nitrogen and oxygen atoms in total. The Morgan fingerprint density at radius 1 is 1.44 bits per heavy atom. The molecule has 0 radical (unpaired) electrons. The van der Waals surface area contributed by atoms with Crippen LogP contribution in [0, 0.1) is 0 Å². The van der Waals surface area contributed by atoms with Crippen LogP contribution in [0.5, 0.6) is 0 Å². The van der Waals surface area contributed by atoms with E-state index in [1.54, 1.807) is 24.6 Å². The summed E-state index contributed by atoms with van der Waals surface area (Å²) < 4.78 is 6.90. The summed E-state index contributed by atoms with van der Waals surface area (Å²) in [5.41, 5.74) is 1.79. The van der Waals surface area contributed by atoms with Crippen molar-refractivity contribution in [2.45, 2.75) is 6.61 Å². The SMILES string of the molecule is COCc1csc(-c2ncc(Br)cc2Br)n1. The summed E-state index contributed by atoms with van der Waals surface area (Å²) in [5, 5.41) is 2.88. The molecule has 0 aliphatic heterocycles. The van der Waals surface area contributed by atoms with E-state index in [0.717, 1.165) is 25.3 Å². The highest BCUT2D eigenvalue weighted by Gasteiger charge is 2.10. The summed E-state index contributed by atoms with van der Waals surface area (Å²) in [6.45, 7) is 0.532. The number of hydrogen-bond acceptors (Lipinski definition) is 4. The van der Waals surface area contributed by atoms with Gasteiger partial charge in [-0.1, -0.05) is 0 Å². The molecule has 0 unspecified atom stereocenters. The van der Waals surface area contributed by atoms with Crippen molar-refractivity contribution < 1.29 is 4.74 Å². The van der Waals surface area contributed by atoms with Crippen LogP contribution in [0.3, 0.4) is 0 Å². The third-order valence-electron chi connectivity index (χ3n) is 1.85. The summed E-state index contributed by atoms with van der Waals surface area (Å²) in [6.07, 6.45) is 1.76. The number of methoxy groups -OCH3 is 1. The van der Waals surface area contributed by atoms with Crippen LogP contribution in [0.15, 0.2) is 26.6 Å². The Hall–Kier alpha value is -0.300. The third kappa shape index (κ3) is 2.68. The van der Waals surface area contributed by atoms with Crippen molar-refractivity contribution in [3.05, 3.63) is 32.3 Å². The van der Waals surface area contributed by atoms with E-state index in [1.807, 2.05) is 11.4 Å². The van der Waals surface area contributed by atoms with Gasteiger partial charge in [0.2, 0.25) is 0 Å². The van der Waals surface area contributed by atoms with Crippen LogP contribution in [0.1, 0.15) is 5.69 Å². The second kappa shape index (κ2) is 5.35. The van der Waals surface area contributed by atoms with Gasteiger partial charge < -0.3 is 4.74 Å². The molecule has 0 N–H and O–H groups in total. The van der Waals surface area contributed by atoms with Gasteiger partial charge in [0, 0.05) is 27.6 Å². The smallest absolute Gasteiger partial charge is 0.143 e. The number of hydrogen-bond donors (Lipinski definition) is 0. The van der Waals surface area contributed by atoms with Crippen LogP contribution in [-0.2, 0) is 11.3 Å². The van der Waals surface area contributed by atoms with Crippen LogP contribution < -0.4 is 0 Å². The van der Waals surface area contributed by atoms with Gasteiger partial charge in [-0.2, -0.15) is 0 Å². The van der Waals surface area contributed by atoms with Crippen LogP contribution in [-0.4, -0.2) is 17.1 Å². The van der Waals surface area contributed by atoms with E-state index in [4.69, 9.17) is 4.74 Å². The zero-order valence-electron chi connectivity index (χ0n) is 8.41. The topological polar surface area (TPSA) is 35.0 Å². The molecule has 0 aromatic carbocycles. The molecule has 16 heavy (non-hydrogen) atoms. The Morgan fingerprint density at radius 3 is 2.94 bits per heavy atom. The third-order valence-corrected chi connectivity index (χ3v) is 3.79. The zero-order chi connectivity index (χ0) is 11.5. The van der Waals surface area contributed by atoms with Crippen LogP contribution in [0.2, 0.25) is 0 Å². The highest BCUT2D eigenvalue weighted by Crippen LogP contribution is 2.30. The lowest BCUT2D eigenvalue weighted by molar-refractivity contribution is 0.182. The fraction of sp³-hybridized carbons (Fsp3) is 0.200. The van der Waals surface area contributed by atoms with Crippen LogP contribution in [0.25, 0.3) is 10.7 Å². The zero-order valence-corrected chi connectivity index (χ0v) is 12.4. The van der Waals surface area contributed by atoms with Crippen molar-refractivity contribution in [1.82, 2.24) is 9.97 Å². The molecule has 0 atom stereocenters. The first-order valence-corrected chi connectivity index (χ1v) is 6.92. The lowest BCUT2D eigenvalue weighted by atomic mass is 10.3. The minimum Gasteiger partial charge on any atom is -0.378 e. The van der Waals surface area contributed by atoms with E-state index in [-0.39, 0.29) is 0 Å². The summed E-state index contributed by atoms with van der Waals surface area (Å²) in [5.74, 6) is 0. The minimum atomic E-state index is 0.532. The van der Waals surface area contributed by atoms with Gasteiger partial charge in [0.05, 0.1) is 12.3 Å². The van der Waals surface area contributed by atoms with Crippen molar-refractivity contribution in [1.29, 1.82) is 0 Å². The number of pyridine rings is 1. The van der Waals surface area contributed by atoms with Gasteiger partial charge in [-0.15, -0.1) is 11.3 Å². The van der Waals surface area contributed by atoms with Crippen molar-refractivity contribution in [3.8, 4) is 10.7 Å². The Bertz CT molecular complexity index is 501. The predicted octanol–water partition coefficient (Wildman–Crippen LogP) is 3.88. The summed E-state index contributed by atoms with van der Waals surface area (Å²) in [6, 6.07) is 1.96. The molecule has 0 spiro atoms. The summed E-state index contributed by atoms with van der Waals surface area (Å²) in [7, 11) is 1.66. The lowest BCUT2D eigenvalue weighted by Gasteiger charge is -1.99. The van der Waals surface area contributed by atoms with Crippen LogP contribution >= 0.6 is 43.2 Å². The molecule has 0 aliphatic rings. The highest BCUT2D eigenvalue weighted by molar-refractivity contribution is 9.11. The van der Waals surface area contributed by atoms with Crippen LogP contribution in [0.4, 0.5) is 0 Å². The second-order valence-corrected chi connectivity index (χ2v) is 5.69. The Kier molecular flexibility index (Phi) is 4.07. The van der Waals surface area contributed by atoms with E-state index in [0.29, 0.717) is 6.61 Å². The maximum Gasteiger partial charge on any atom is 0.143 e. The van der Waals surface area contributed by atoms with Crippen molar-refractivity contribution >= 4 is 43.2 Å². The second-order valence-electron chi connectivity index (χ2n) is 3.06. The Balaban J connectivity index is 2.35. The van der Waals surface area contributed by atoms with Gasteiger partial charge in [-0.25, -0.2) is 4.98 Å². The average molecular weight is 364 g/mol. The van der Waals surface area contributed by atoms with E-state index >= 15 is 0 Å². The molecular weight excluding hydrogens is 356 g/mol. The van der Waals surface area contributed by atoms with Crippen molar-refractivity contribution in [3.63, 3.8) is 0 Å². The molecular formula is C10H8Br2N2OS. The number of ether oxygens (including phenoxy) is 1. The van der Waals surface area contributed by atoms with E-state index in [2.05, 4.69) is 41.8 Å². The fourth-order valence-corrected chi connectivity index (χ4v) is 3.32. The molecule has 0 saturated heterocycles. The quantitative estimate of drug-likeness (QED) is 0.830. The number of aromatic nitrogens is 2. The molecule has 84 valence electrons. The maximum atomic E-state index is 5.03. The van der Waals surface area contributed by atoms with Crippen molar-refractivity contribution in [2.75, 3.05) is 7.11 Å². The maximum absolute atomic E-state index is 5.03. The Morgan fingerprint density at radius 2 is 2.25 bits per heavy atom. The molecule has 0 fully saturated rings. The van der Waals surface area contributed by atoms with E-state index in [9.17, 15) is 0 Å². The van der Waals surface area contributed by atoms with Gasteiger partial charge in [-0.3, -0.25) is 4.98 Å². The standard InChI is InChI=1S/C10H8Br2N2OS/c1-15-4-7-5-16-10(14-7)9-8(12)2-6(11)3-13-9/h2-3,5H,4H2,1H3. The predicted molar refractivity (Wildman–Crippen MR) is 71.5 cm³/mol. The summed E-state index contributed by atoms with van der Waals surface area (Å²) >= 11 is 8.41. The molecule has 0 aliphatic carbocycles. The molecule has 2 rings (SSSR count). The Labute approximate surface area is 114 Å². The van der Waals surface area contributed by atoms with E-state index in [1.165, 1.54) is 0 Å². The molecule has 2 aromatic rings. The summed E-state index contributed by atoms with van der Waals surface area (Å²) in [4.78, 5) is 8.78. The van der Waals surface area contributed by atoms with Gasteiger partial charge in [-0.05, 0) is 37.9 Å². The molecule has 0 bridgehead atoms. The minimum absolute atomic E-state index is 0.532. The van der Waals surface area contributed by atoms with Crippen molar-refractivity contribution in [2.24, 2.45) is 0 Å². The molecule has 2 aromatic heterocycles. The number of thiazole rings is 1. The first kappa shape index (κ1) is 12.2. The fourth-order valence-electron chi connectivity index (χ4n) is 1.20. The largest absolute Gasteiger partial charge is 0.378 e. The van der Waals surface area contributed by atoms with Gasteiger partial charge in [0.1, 0.15) is 10.7 Å². The lowest BCUT2D eigenvalue weighted by Crippen LogP contribution is -1.89. The molecule has 6 heteroatoms. The van der Waals surface area contributed by atoms with Gasteiger partial charge >= 0.3 is 0 Å². The number of nitrogens with zero attached hydrogens (tertiary/aromatic N) is 2. The first-order valence-electron chi connectivity index (χ1n) is 4.45. The first-order chi connectivity index (χ1) is 7.70. The molecule has 0 saturated carbocycles. The number of halogens is 2. The average Bonchev–Trinajstić information content (AvgIpc) is 2.67. The molecule has 0 amide bonds. The van der Waals surface area contributed by atoms with Gasteiger partial charge in [0.15, 0.2) is 0 Å².